The van der Waals surface area contributed by atoms with Gasteiger partial charge in [-0.1, -0.05) is 6.07 Å². The van der Waals surface area contributed by atoms with Crippen molar-refractivity contribution in [3.05, 3.63) is 24.3 Å². The van der Waals surface area contributed by atoms with Gasteiger partial charge in [-0.25, -0.2) is 0 Å². The van der Waals surface area contributed by atoms with Gasteiger partial charge in [0.25, 0.3) is 0 Å². The zero-order valence-electron chi connectivity index (χ0n) is 10.8. The third-order valence-electron chi connectivity index (χ3n) is 3.33. The van der Waals surface area contributed by atoms with Crippen LogP contribution in [0.25, 0.3) is 0 Å². The summed E-state index contributed by atoms with van der Waals surface area (Å²) in [6.45, 7) is 4.02. The molecule has 1 amide bonds. The highest BCUT2D eigenvalue weighted by Gasteiger charge is 2.26. The second-order valence-electron chi connectivity index (χ2n) is 4.56. The molecular formula is C14H20N2O2. The fourth-order valence-electron chi connectivity index (χ4n) is 2.32. The number of nitrogens with two attached hydrogens (primary N) is 1. The molecule has 0 radical (unpaired) electrons. The smallest absolute Gasteiger partial charge is 0.230 e. The van der Waals surface area contributed by atoms with Gasteiger partial charge in [-0.3, -0.25) is 4.79 Å². The van der Waals surface area contributed by atoms with Crippen molar-refractivity contribution < 1.29 is 9.53 Å². The molecule has 1 heterocycles. The predicted octanol–water partition coefficient (Wildman–Crippen LogP) is 2.05. The van der Waals surface area contributed by atoms with Crippen LogP contribution in [0.15, 0.2) is 24.3 Å². The summed E-state index contributed by atoms with van der Waals surface area (Å²) in [4.78, 5) is 14.3. The fourth-order valence-corrected chi connectivity index (χ4v) is 2.32. The quantitative estimate of drug-likeness (QED) is 0.833. The number of hydrogen-bond acceptors (Lipinski definition) is 3. The third-order valence-corrected chi connectivity index (χ3v) is 3.33. The molecule has 0 aliphatic carbocycles. The molecule has 0 aromatic heterocycles. The zero-order chi connectivity index (χ0) is 13.0. The van der Waals surface area contributed by atoms with E-state index in [1.54, 1.807) is 0 Å². The van der Waals surface area contributed by atoms with Gasteiger partial charge in [-0.15, -0.1) is 0 Å². The topological polar surface area (TPSA) is 55.6 Å². The van der Waals surface area contributed by atoms with Crippen LogP contribution in [0.2, 0.25) is 0 Å². The molecule has 1 fully saturated rings. The predicted molar refractivity (Wildman–Crippen MR) is 72.4 cm³/mol. The van der Waals surface area contributed by atoms with Gasteiger partial charge in [0.1, 0.15) is 0 Å². The number of ether oxygens (including phenoxy) is 1. The van der Waals surface area contributed by atoms with Crippen LogP contribution in [-0.2, 0) is 9.53 Å². The van der Waals surface area contributed by atoms with Gasteiger partial charge >= 0.3 is 0 Å². The summed E-state index contributed by atoms with van der Waals surface area (Å²) >= 11 is 0. The molecule has 1 aromatic carbocycles. The number of anilines is 2. The molecule has 1 aromatic rings. The highest BCUT2D eigenvalue weighted by atomic mass is 16.5. The summed E-state index contributed by atoms with van der Waals surface area (Å²) in [5.74, 6) is 0.270. The molecule has 98 valence electrons. The average Bonchev–Trinajstić information content (AvgIpc) is 2.40. The van der Waals surface area contributed by atoms with Crippen molar-refractivity contribution in [2.24, 2.45) is 5.92 Å². The summed E-state index contributed by atoms with van der Waals surface area (Å²) in [5.41, 5.74) is 7.34. The van der Waals surface area contributed by atoms with Crippen molar-refractivity contribution in [3.63, 3.8) is 0 Å². The summed E-state index contributed by atoms with van der Waals surface area (Å²) in [5, 5.41) is 0. The fraction of sp³-hybridized carbons (Fsp3) is 0.500. The van der Waals surface area contributed by atoms with Crippen LogP contribution in [0.1, 0.15) is 19.8 Å². The molecule has 18 heavy (non-hydrogen) atoms. The molecule has 2 N–H and O–H groups in total. The maximum atomic E-state index is 12.5. The Kier molecular flexibility index (Phi) is 4.20. The van der Waals surface area contributed by atoms with E-state index in [1.165, 1.54) is 0 Å². The van der Waals surface area contributed by atoms with Crippen molar-refractivity contribution in [1.82, 2.24) is 0 Å². The van der Waals surface area contributed by atoms with Gasteiger partial charge in [0.15, 0.2) is 0 Å². The highest BCUT2D eigenvalue weighted by Crippen LogP contribution is 2.23. The lowest BCUT2D eigenvalue weighted by molar-refractivity contribution is -0.125. The molecule has 1 aliphatic heterocycles. The Balaban J connectivity index is 2.14. The number of hydrogen-bond donors (Lipinski definition) is 1. The largest absolute Gasteiger partial charge is 0.399 e. The molecule has 0 bridgehead atoms. The minimum Gasteiger partial charge on any atom is -0.399 e. The van der Waals surface area contributed by atoms with Crippen LogP contribution in [0.3, 0.4) is 0 Å². The van der Waals surface area contributed by atoms with E-state index in [4.69, 9.17) is 10.5 Å². The first kappa shape index (κ1) is 12.9. The average molecular weight is 248 g/mol. The number of amides is 1. The lowest BCUT2D eigenvalue weighted by Gasteiger charge is -2.28. The molecule has 0 atom stereocenters. The molecule has 2 rings (SSSR count). The van der Waals surface area contributed by atoms with E-state index in [2.05, 4.69) is 0 Å². The Bertz CT molecular complexity index is 414. The van der Waals surface area contributed by atoms with E-state index < -0.39 is 0 Å². The number of nitrogen functional groups attached to an aromatic ring is 1. The van der Waals surface area contributed by atoms with Gasteiger partial charge in [-0.2, -0.15) is 0 Å². The normalized spacial score (nSPS) is 16.5. The van der Waals surface area contributed by atoms with E-state index in [9.17, 15) is 4.79 Å². The number of benzene rings is 1. The molecule has 0 unspecified atom stereocenters. The third kappa shape index (κ3) is 2.82. The summed E-state index contributed by atoms with van der Waals surface area (Å²) < 4.78 is 5.30. The number of carbonyl (C=O) groups is 1. The zero-order valence-corrected chi connectivity index (χ0v) is 10.8. The molecule has 4 heteroatoms. The standard InChI is InChI=1S/C14H20N2O2/c1-2-16(13-5-3-4-12(15)10-13)14(17)11-6-8-18-9-7-11/h3-5,10-11H,2,6-9,15H2,1H3. The lowest BCUT2D eigenvalue weighted by atomic mass is 9.98. The number of rotatable bonds is 3. The second-order valence-corrected chi connectivity index (χ2v) is 4.56. The summed E-state index contributed by atoms with van der Waals surface area (Å²) in [7, 11) is 0. The minimum atomic E-state index is 0.0835. The Hall–Kier alpha value is -1.55. The Labute approximate surface area is 108 Å². The molecule has 1 saturated heterocycles. The van der Waals surface area contributed by atoms with Crippen LogP contribution < -0.4 is 10.6 Å². The van der Waals surface area contributed by atoms with Crippen molar-refractivity contribution in [1.29, 1.82) is 0 Å². The number of nitrogens with zero attached hydrogens (tertiary/aromatic N) is 1. The SMILES string of the molecule is CCN(C(=O)C1CCOCC1)c1cccc(N)c1. The number of carbonyl (C=O) groups excluding carboxylic acids is 1. The van der Waals surface area contributed by atoms with Gasteiger partial charge in [0.05, 0.1) is 0 Å². The Morgan fingerprint density at radius 1 is 1.44 bits per heavy atom. The highest BCUT2D eigenvalue weighted by molar-refractivity contribution is 5.95. The second kappa shape index (κ2) is 5.87. The maximum absolute atomic E-state index is 12.5. The summed E-state index contributed by atoms with van der Waals surface area (Å²) in [6, 6.07) is 7.48. The van der Waals surface area contributed by atoms with Gasteiger partial charge < -0.3 is 15.4 Å². The Morgan fingerprint density at radius 3 is 2.78 bits per heavy atom. The van der Waals surface area contributed by atoms with Crippen molar-refractivity contribution in [2.75, 3.05) is 30.4 Å². The van der Waals surface area contributed by atoms with E-state index in [0.29, 0.717) is 25.4 Å². The first-order chi connectivity index (χ1) is 8.72. The van der Waals surface area contributed by atoms with Crippen LogP contribution in [0.5, 0.6) is 0 Å². The molecule has 0 spiro atoms. The van der Waals surface area contributed by atoms with E-state index >= 15 is 0 Å². The van der Waals surface area contributed by atoms with Crippen LogP contribution in [0, 0.1) is 5.92 Å². The summed E-state index contributed by atoms with van der Waals surface area (Å²) in [6.07, 6.45) is 1.63. The molecule has 4 nitrogen and oxygen atoms in total. The van der Waals surface area contributed by atoms with E-state index in [1.807, 2.05) is 36.1 Å². The van der Waals surface area contributed by atoms with Gasteiger partial charge in [-0.05, 0) is 38.0 Å². The van der Waals surface area contributed by atoms with Crippen molar-refractivity contribution >= 4 is 17.3 Å². The van der Waals surface area contributed by atoms with E-state index in [0.717, 1.165) is 18.5 Å². The van der Waals surface area contributed by atoms with Crippen LogP contribution >= 0.6 is 0 Å². The first-order valence-corrected chi connectivity index (χ1v) is 6.47. The van der Waals surface area contributed by atoms with Crippen LogP contribution in [-0.4, -0.2) is 25.7 Å². The molecule has 0 saturated carbocycles. The molecule has 1 aliphatic rings. The Morgan fingerprint density at radius 2 is 2.17 bits per heavy atom. The van der Waals surface area contributed by atoms with Crippen molar-refractivity contribution in [2.45, 2.75) is 19.8 Å². The first-order valence-electron chi connectivity index (χ1n) is 6.47. The van der Waals surface area contributed by atoms with Gasteiger partial charge in [0.2, 0.25) is 5.91 Å². The van der Waals surface area contributed by atoms with Crippen molar-refractivity contribution in [3.8, 4) is 0 Å². The van der Waals surface area contributed by atoms with Crippen LogP contribution in [0.4, 0.5) is 11.4 Å². The minimum absolute atomic E-state index is 0.0835. The molecular weight excluding hydrogens is 228 g/mol. The maximum Gasteiger partial charge on any atom is 0.230 e. The van der Waals surface area contributed by atoms with E-state index in [-0.39, 0.29) is 11.8 Å². The lowest BCUT2D eigenvalue weighted by Crippen LogP contribution is -2.38. The van der Waals surface area contributed by atoms with Gasteiger partial charge in [0, 0.05) is 37.1 Å². The monoisotopic (exact) mass is 248 g/mol.